The minimum absolute atomic E-state index is 0.0996. The molecule has 2 aliphatic heterocycles. The van der Waals surface area contributed by atoms with E-state index in [0.717, 1.165) is 22.1 Å². The molecule has 4 heterocycles. The molecule has 6 aromatic rings. The molecule has 0 atom stereocenters. The molecule has 4 aromatic carbocycles. The van der Waals surface area contributed by atoms with Crippen LogP contribution in [-0.4, -0.2) is 69.9 Å². The van der Waals surface area contributed by atoms with Crippen LogP contribution in [0.1, 0.15) is 37.8 Å². The van der Waals surface area contributed by atoms with Gasteiger partial charge in [0, 0.05) is 52.4 Å². The van der Waals surface area contributed by atoms with Crippen molar-refractivity contribution in [3.8, 4) is 11.5 Å². The van der Waals surface area contributed by atoms with Crippen molar-refractivity contribution in [1.82, 2.24) is 26.9 Å². The van der Waals surface area contributed by atoms with Crippen LogP contribution in [0.2, 0.25) is 0 Å². The number of piperidine rings is 2. The monoisotopic (exact) mass is 756 g/mol. The summed E-state index contributed by atoms with van der Waals surface area (Å²) in [5.74, 6) is 0.804. The fourth-order valence-corrected chi connectivity index (χ4v) is 10.8. The molecular formula is C38H40N6O7S2. The number of hydrogen-bond donors (Lipinski definition) is 0. The van der Waals surface area contributed by atoms with E-state index in [1.807, 2.05) is 48.5 Å². The van der Waals surface area contributed by atoms with Crippen LogP contribution in [0.5, 0.6) is 11.5 Å². The summed E-state index contributed by atoms with van der Waals surface area (Å²) >= 11 is 0. The molecule has 0 N–H and O–H groups in total. The molecule has 0 radical (unpaired) electrons. The molecule has 2 aromatic heterocycles. The summed E-state index contributed by atoms with van der Waals surface area (Å²) < 4.78 is 69.8. The van der Waals surface area contributed by atoms with Gasteiger partial charge in [0.2, 0.25) is 20.0 Å². The Labute approximate surface area is 307 Å². The number of fused-ring (bicyclic) bond motifs is 2. The molecule has 0 bridgehead atoms. The third-order valence-electron chi connectivity index (χ3n) is 10.7. The fraction of sp³-hybridized carbons (Fsp3) is 0.316. The first-order valence-corrected chi connectivity index (χ1v) is 20.5. The molecule has 0 unspecified atom stereocenters. The SMILES string of the molecule is Cn1c(=O)n(C2CCN(S(=O)(=O)c3ccc(Oc4ccc(S(=O)(=O)N5CCC(n6c(=O)n(C)c7ccccc76)CC5)cc4)cc3)CC2)c2ccccc21. The van der Waals surface area contributed by atoms with Crippen LogP contribution >= 0.6 is 0 Å². The molecule has 0 amide bonds. The summed E-state index contributed by atoms with van der Waals surface area (Å²) in [7, 11) is -4.05. The molecule has 0 spiro atoms. The summed E-state index contributed by atoms with van der Waals surface area (Å²) in [4.78, 5) is 26.3. The highest BCUT2D eigenvalue weighted by atomic mass is 32.2. The molecule has 2 fully saturated rings. The van der Waals surface area contributed by atoms with E-state index in [-0.39, 0.29) is 33.3 Å². The number of ether oxygens (including phenoxy) is 1. The van der Waals surface area contributed by atoms with Gasteiger partial charge < -0.3 is 4.74 Å². The highest BCUT2D eigenvalue weighted by Gasteiger charge is 2.33. The van der Waals surface area contributed by atoms with Crippen molar-refractivity contribution in [2.45, 2.75) is 47.6 Å². The van der Waals surface area contributed by atoms with Gasteiger partial charge in [-0.25, -0.2) is 26.4 Å². The van der Waals surface area contributed by atoms with E-state index in [9.17, 15) is 26.4 Å². The van der Waals surface area contributed by atoms with Crippen LogP contribution in [0, 0.1) is 0 Å². The van der Waals surface area contributed by atoms with Crippen molar-refractivity contribution in [1.29, 1.82) is 0 Å². The fourth-order valence-electron chi connectivity index (χ4n) is 7.82. The van der Waals surface area contributed by atoms with Gasteiger partial charge in [-0.2, -0.15) is 8.61 Å². The second-order valence-corrected chi connectivity index (χ2v) is 17.6. The maximum absolute atomic E-state index is 13.5. The Kier molecular flexibility index (Phi) is 8.92. The van der Waals surface area contributed by atoms with Crippen LogP contribution in [0.15, 0.2) is 116 Å². The van der Waals surface area contributed by atoms with Crippen LogP contribution in [-0.2, 0) is 34.1 Å². The number of sulfonamides is 2. The number of aromatic nitrogens is 4. The predicted octanol–water partition coefficient (Wildman–Crippen LogP) is 4.84. The zero-order valence-corrected chi connectivity index (χ0v) is 31.0. The number of aryl methyl sites for hydroxylation is 2. The molecule has 53 heavy (non-hydrogen) atoms. The molecule has 8 rings (SSSR count). The second kappa shape index (κ2) is 13.5. The van der Waals surface area contributed by atoms with Crippen molar-refractivity contribution in [3.63, 3.8) is 0 Å². The van der Waals surface area contributed by atoms with Crippen LogP contribution < -0.4 is 16.1 Å². The first-order chi connectivity index (χ1) is 25.4. The lowest BCUT2D eigenvalue weighted by Gasteiger charge is -2.31. The maximum atomic E-state index is 13.5. The number of para-hydroxylation sites is 4. The van der Waals surface area contributed by atoms with E-state index < -0.39 is 20.0 Å². The zero-order valence-electron chi connectivity index (χ0n) is 29.4. The van der Waals surface area contributed by atoms with Crippen molar-refractivity contribution >= 4 is 42.1 Å². The van der Waals surface area contributed by atoms with Crippen molar-refractivity contribution < 1.29 is 21.6 Å². The zero-order chi connectivity index (χ0) is 37.1. The predicted molar refractivity (Wildman–Crippen MR) is 201 cm³/mol. The Bertz CT molecular complexity index is 2480. The van der Waals surface area contributed by atoms with Crippen molar-refractivity contribution in [3.05, 3.63) is 118 Å². The van der Waals surface area contributed by atoms with Gasteiger partial charge in [0.1, 0.15) is 11.5 Å². The van der Waals surface area contributed by atoms with Gasteiger partial charge in [-0.1, -0.05) is 24.3 Å². The standard InChI is InChI=1S/C38H40N6O7S2/c1-39-33-7-3-5-9-35(33)43(37(39)45)27-19-23-41(24-20-27)52(47,48)31-15-11-29(12-16-31)51-30-13-17-32(18-14-30)53(49,50)42-25-21-28(22-26-42)44-36-10-6-4-8-34(36)40(2)38(44)46/h3-18,27-28H,19-26H2,1-2H3. The Morgan fingerprint density at radius 3 is 1.15 bits per heavy atom. The summed E-state index contributed by atoms with van der Waals surface area (Å²) in [5, 5.41) is 0. The normalized spacial score (nSPS) is 17.2. The van der Waals surface area contributed by atoms with Gasteiger partial charge in [-0.15, -0.1) is 0 Å². The van der Waals surface area contributed by atoms with Gasteiger partial charge in [0.05, 0.1) is 31.9 Å². The van der Waals surface area contributed by atoms with E-state index in [2.05, 4.69) is 0 Å². The van der Waals surface area contributed by atoms with Crippen molar-refractivity contribution in [2.75, 3.05) is 26.2 Å². The lowest BCUT2D eigenvalue weighted by Crippen LogP contribution is -2.40. The molecule has 2 aliphatic rings. The Balaban J connectivity index is 0.885. The van der Waals surface area contributed by atoms with Gasteiger partial charge in [-0.05, 0) is 98.5 Å². The number of nitrogens with zero attached hydrogens (tertiary/aromatic N) is 6. The van der Waals surface area contributed by atoms with E-state index in [1.54, 1.807) is 56.6 Å². The first kappa shape index (κ1) is 35.1. The number of rotatable bonds is 8. The largest absolute Gasteiger partial charge is 0.457 e. The van der Waals surface area contributed by atoms with E-state index >= 15 is 0 Å². The average Bonchev–Trinajstić information content (AvgIpc) is 3.59. The van der Waals surface area contributed by atoms with Gasteiger partial charge >= 0.3 is 11.4 Å². The van der Waals surface area contributed by atoms with E-state index in [4.69, 9.17) is 4.74 Å². The smallest absolute Gasteiger partial charge is 0.329 e. The van der Waals surface area contributed by atoms with Gasteiger partial charge in [-0.3, -0.25) is 18.3 Å². The topological polar surface area (TPSA) is 138 Å². The highest BCUT2D eigenvalue weighted by Crippen LogP contribution is 2.32. The lowest BCUT2D eigenvalue weighted by molar-refractivity contribution is 0.273. The minimum atomic E-state index is -3.77. The number of imidazole rings is 2. The number of hydrogen-bond acceptors (Lipinski definition) is 7. The van der Waals surface area contributed by atoms with Crippen LogP contribution in [0.4, 0.5) is 0 Å². The Morgan fingerprint density at radius 1 is 0.491 bits per heavy atom. The number of benzene rings is 4. The third kappa shape index (κ3) is 6.10. The highest BCUT2D eigenvalue weighted by molar-refractivity contribution is 7.89. The molecule has 15 heteroatoms. The Hall–Kier alpha value is -4.96. The van der Waals surface area contributed by atoms with Crippen LogP contribution in [0.3, 0.4) is 0 Å². The third-order valence-corrected chi connectivity index (χ3v) is 14.6. The summed E-state index contributed by atoms with van der Waals surface area (Å²) in [6.07, 6.45) is 2.07. The Morgan fingerprint density at radius 2 is 0.811 bits per heavy atom. The maximum Gasteiger partial charge on any atom is 0.329 e. The average molecular weight is 757 g/mol. The summed E-state index contributed by atoms with van der Waals surface area (Å²) in [5.41, 5.74) is 3.18. The molecular weight excluding hydrogens is 717 g/mol. The molecule has 0 saturated carbocycles. The van der Waals surface area contributed by atoms with Gasteiger partial charge in [0.25, 0.3) is 0 Å². The van der Waals surface area contributed by atoms with Crippen molar-refractivity contribution in [2.24, 2.45) is 14.1 Å². The molecule has 0 aliphatic carbocycles. The summed E-state index contributed by atoms with van der Waals surface area (Å²) in [6, 6.07) is 27.3. The molecule has 13 nitrogen and oxygen atoms in total. The second-order valence-electron chi connectivity index (χ2n) is 13.7. The summed E-state index contributed by atoms with van der Waals surface area (Å²) in [6.45, 7) is 1.16. The molecule has 276 valence electrons. The lowest BCUT2D eigenvalue weighted by atomic mass is 10.1. The van der Waals surface area contributed by atoms with E-state index in [0.29, 0.717) is 63.4 Å². The van der Waals surface area contributed by atoms with E-state index in [1.165, 1.54) is 32.9 Å². The quantitative estimate of drug-likeness (QED) is 0.217. The molecule has 2 saturated heterocycles. The minimum Gasteiger partial charge on any atom is -0.457 e. The van der Waals surface area contributed by atoms with Gasteiger partial charge in [0.15, 0.2) is 0 Å². The first-order valence-electron chi connectivity index (χ1n) is 17.7. The van der Waals surface area contributed by atoms with Crippen LogP contribution in [0.25, 0.3) is 22.1 Å².